The molecule has 0 fully saturated rings. The van der Waals surface area contributed by atoms with Crippen LogP contribution in [0.25, 0.3) is 5.57 Å². The van der Waals surface area contributed by atoms with Crippen LogP contribution in [0.3, 0.4) is 0 Å². The van der Waals surface area contributed by atoms with E-state index in [9.17, 15) is 14.0 Å². The van der Waals surface area contributed by atoms with Crippen LogP contribution in [0, 0.1) is 5.82 Å². The van der Waals surface area contributed by atoms with Gasteiger partial charge in [0.2, 0.25) is 0 Å². The minimum absolute atomic E-state index is 0.266. The van der Waals surface area contributed by atoms with E-state index in [1.54, 1.807) is 24.3 Å². The van der Waals surface area contributed by atoms with Gasteiger partial charge in [0.15, 0.2) is 0 Å². The molecule has 1 heterocycles. The quantitative estimate of drug-likeness (QED) is 0.509. The molecule has 0 unspecified atom stereocenters. The summed E-state index contributed by atoms with van der Waals surface area (Å²) in [6, 6.07) is 21.8. The molecule has 0 atom stereocenters. The van der Waals surface area contributed by atoms with Crippen molar-refractivity contribution in [2.24, 2.45) is 0 Å². The first-order valence-corrected chi connectivity index (χ1v) is 10.2. The van der Waals surface area contributed by atoms with Gasteiger partial charge in [-0.2, -0.15) is 0 Å². The highest BCUT2D eigenvalue weighted by Crippen LogP contribution is 2.41. The van der Waals surface area contributed by atoms with Gasteiger partial charge < -0.3 is 4.74 Å². The zero-order chi connectivity index (χ0) is 21.1. The highest BCUT2D eigenvalue weighted by atomic mass is 32.2. The molecule has 3 aromatic carbocycles. The fourth-order valence-corrected chi connectivity index (χ4v) is 4.19. The number of thioether (sulfide) groups is 1. The van der Waals surface area contributed by atoms with Gasteiger partial charge in [-0.05, 0) is 61.0 Å². The molecule has 0 radical (unpaired) electrons. The monoisotopic (exact) mass is 419 g/mol. The zero-order valence-electron chi connectivity index (χ0n) is 16.2. The number of hydrogen-bond acceptors (Lipinski definition) is 4. The fraction of sp³-hybridized carbons (Fsp3) is 0.0833. The van der Waals surface area contributed by atoms with E-state index in [4.69, 9.17) is 4.74 Å². The minimum atomic E-state index is -0.436. The lowest BCUT2D eigenvalue weighted by molar-refractivity contribution is -0.119. The van der Waals surface area contributed by atoms with Gasteiger partial charge in [0.1, 0.15) is 11.6 Å². The molecule has 1 aliphatic rings. The molecule has 4 nitrogen and oxygen atoms in total. The minimum Gasteiger partial charge on any atom is -0.494 e. The molecule has 0 N–H and O–H groups in total. The lowest BCUT2D eigenvalue weighted by atomic mass is 10.1. The Morgan fingerprint density at radius 3 is 2.17 bits per heavy atom. The van der Waals surface area contributed by atoms with E-state index in [2.05, 4.69) is 0 Å². The van der Waals surface area contributed by atoms with Gasteiger partial charge in [-0.15, -0.1) is 0 Å². The van der Waals surface area contributed by atoms with E-state index in [1.165, 1.54) is 36.0 Å². The largest absolute Gasteiger partial charge is 0.494 e. The molecule has 0 saturated heterocycles. The van der Waals surface area contributed by atoms with Gasteiger partial charge in [0.05, 0.1) is 22.8 Å². The van der Waals surface area contributed by atoms with Crippen LogP contribution in [0.1, 0.15) is 12.5 Å². The first-order chi connectivity index (χ1) is 14.6. The maximum absolute atomic E-state index is 13.4. The molecule has 30 heavy (non-hydrogen) atoms. The Kier molecular flexibility index (Phi) is 5.68. The summed E-state index contributed by atoms with van der Waals surface area (Å²) >= 11 is 1.23. The summed E-state index contributed by atoms with van der Waals surface area (Å²) in [5.41, 5.74) is 1.22. The van der Waals surface area contributed by atoms with Crippen molar-refractivity contribution >= 4 is 34.8 Å². The number of nitrogens with zero attached hydrogens (tertiary/aromatic N) is 1. The van der Waals surface area contributed by atoms with E-state index in [0.717, 1.165) is 9.80 Å². The Balaban J connectivity index is 1.76. The average molecular weight is 419 g/mol. The SMILES string of the molecule is CCOc1ccc(N2C(=O)C(Sc3ccccc3)=C(c3ccc(F)cc3)C2=O)cc1. The third-order valence-corrected chi connectivity index (χ3v) is 5.63. The van der Waals surface area contributed by atoms with Crippen LogP contribution >= 0.6 is 11.8 Å². The van der Waals surface area contributed by atoms with Crippen molar-refractivity contribution in [3.05, 3.63) is 95.1 Å². The second-order valence-corrected chi connectivity index (χ2v) is 7.58. The van der Waals surface area contributed by atoms with Crippen LogP contribution in [0.15, 0.2) is 88.7 Å². The van der Waals surface area contributed by atoms with Crippen molar-refractivity contribution in [3.8, 4) is 5.75 Å². The van der Waals surface area contributed by atoms with Crippen molar-refractivity contribution in [3.63, 3.8) is 0 Å². The summed E-state index contributed by atoms with van der Waals surface area (Å²) in [6.45, 7) is 2.41. The van der Waals surface area contributed by atoms with Gasteiger partial charge in [0, 0.05) is 4.90 Å². The number of imide groups is 1. The maximum Gasteiger partial charge on any atom is 0.272 e. The van der Waals surface area contributed by atoms with Crippen molar-refractivity contribution in [1.29, 1.82) is 0 Å². The summed E-state index contributed by atoms with van der Waals surface area (Å²) < 4.78 is 18.9. The molecule has 2 amide bonds. The normalized spacial score (nSPS) is 13.9. The van der Waals surface area contributed by atoms with Gasteiger partial charge in [-0.25, -0.2) is 9.29 Å². The number of anilines is 1. The van der Waals surface area contributed by atoms with Crippen LogP contribution in [0.2, 0.25) is 0 Å². The van der Waals surface area contributed by atoms with Crippen molar-refractivity contribution in [2.45, 2.75) is 11.8 Å². The number of benzene rings is 3. The van der Waals surface area contributed by atoms with Crippen LogP contribution in [-0.2, 0) is 9.59 Å². The number of amides is 2. The van der Waals surface area contributed by atoms with Crippen molar-refractivity contribution in [2.75, 3.05) is 11.5 Å². The van der Waals surface area contributed by atoms with Gasteiger partial charge in [0.25, 0.3) is 11.8 Å². The third-order valence-electron chi connectivity index (χ3n) is 4.54. The highest BCUT2D eigenvalue weighted by Gasteiger charge is 2.40. The number of rotatable bonds is 6. The van der Waals surface area contributed by atoms with E-state index < -0.39 is 17.6 Å². The number of halogens is 1. The Morgan fingerprint density at radius 1 is 0.867 bits per heavy atom. The number of ether oxygens (including phenoxy) is 1. The lowest BCUT2D eigenvalue weighted by Gasteiger charge is -2.16. The van der Waals surface area contributed by atoms with Gasteiger partial charge in [-0.3, -0.25) is 9.59 Å². The van der Waals surface area contributed by atoms with E-state index in [0.29, 0.717) is 28.5 Å². The first kappa shape index (κ1) is 19.9. The highest BCUT2D eigenvalue weighted by molar-refractivity contribution is 8.04. The molecule has 6 heteroatoms. The second-order valence-electron chi connectivity index (χ2n) is 6.50. The van der Waals surface area contributed by atoms with E-state index in [1.807, 2.05) is 37.3 Å². The van der Waals surface area contributed by atoms with Crippen molar-refractivity contribution < 1.29 is 18.7 Å². The third kappa shape index (κ3) is 3.86. The average Bonchev–Trinajstić information content (AvgIpc) is 3.00. The smallest absolute Gasteiger partial charge is 0.272 e. The molecule has 150 valence electrons. The Labute approximate surface area is 178 Å². The Morgan fingerprint density at radius 2 is 1.53 bits per heavy atom. The predicted molar refractivity (Wildman–Crippen MR) is 116 cm³/mol. The molecule has 1 aliphatic heterocycles. The maximum atomic E-state index is 13.4. The molecule has 0 aliphatic carbocycles. The van der Waals surface area contributed by atoms with Crippen LogP contribution in [0.5, 0.6) is 5.75 Å². The molecule has 4 rings (SSSR count). The standard InChI is InChI=1S/C24H18FNO3S/c1-2-29-19-14-12-18(13-15-19)26-23(27)21(16-8-10-17(25)11-9-16)22(24(26)28)30-20-6-4-3-5-7-20/h3-15H,2H2,1H3. The fourth-order valence-electron chi connectivity index (χ4n) is 3.17. The lowest BCUT2D eigenvalue weighted by Crippen LogP contribution is -2.31. The number of carbonyl (C=O) groups excluding carboxylic acids is 2. The Hall–Kier alpha value is -3.38. The summed E-state index contributed by atoms with van der Waals surface area (Å²) in [4.78, 5) is 28.9. The summed E-state index contributed by atoms with van der Waals surface area (Å²) in [7, 11) is 0. The molecular weight excluding hydrogens is 401 g/mol. The topological polar surface area (TPSA) is 46.6 Å². The summed E-state index contributed by atoms with van der Waals surface area (Å²) in [5.74, 6) is -0.589. The number of carbonyl (C=O) groups is 2. The van der Waals surface area contributed by atoms with E-state index >= 15 is 0 Å². The molecule has 0 saturated carbocycles. The second kappa shape index (κ2) is 8.55. The number of hydrogen-bond donors (Lipinski definition) is 0. The van der Waals surface area contributed by atoms with E-state index in [-0.39, 0.29) is 5.57 Å². The molecule has 0 bridgehead atoms. The molecule has 3 aromatic rings. The van der Waals surface area contributed by atoms with Crippen LogP contribution in [-0.4, -0.2) is 18.4 Å². The predicted octanol–water partition coefficient (Wildman–Crippen LogP) is 5.30. The van der Waals surface area contributed by atoms with Gasteiger partial charge >= 0.3 is 0 Å². The molecule has 0 spiro atoms. The zero-order valence-corrected chi connectivity index (χ0v) is 17.0. The molecular formula is C24H18FNO3S. The van der Waals surface area contributed by atoms with Crippen LogP contribution in [0.4, 0.5) is 10.1 Å². The van der Waals surface area contributed by atoms with Crippen molar-refractivity contribution in [1.82, 2.24) is 0 Å². The molecule has 0 aromatic heterocycles. The van der Waals surface area contributed by atoms with Crippen LogP contribution < -0.4 is 9.64 Å². The summed E-state index contributed by atoms with van der Waals surface area (Å²) in [6.07, 6.45) is 0. The summed E-state index contributed by atoms with van der Waals surface area (Å²) in [5, 5.41) is 0. The van der Waals surface area contributed by atoms with Gasteiger partial charge in [-0.1, -0.05) is 42.1 Å². The Bertz CT molecular complexity index is 1110. The first-order valence-electron chi connectivity index (χ1n) is 9.43.